The van der Waals surface area contributed by atoms with E-state index >= 15 is 0 Å². The number of sulfone groups is 1. The fourth-order valence-electron chi connectivity index (χ4n) is 3.10. The molecule has 0 spiro atoms. The molecule has 0 radical (unpaired) electrons. The van der Waals surface area contributed by atoms with E-state index < -0.39 is 27.8 Å². The molecular weight excluding hydrogens is 527 g/mol. The molecule has 12 heteroatoms. The molecule has 3 N–H and O–H groups in total. The van der Waals surface area contributed by atoms with Gasteiger partial charge in [-0.1, -0.05) is 24.3 Å². The Morgan fingerprint density at radius 2 is 1.78 bits per heavy atom. The molecular formula is C25H24F3N3O4S2. The molecule has 0 saturated carbocycles. The van der Waals surface area contributed by atoms with Crippen LogP contribution < -0.4 is 15.4 Å². The first-order valence-corrected chi connectivity index (χ1v) is 13.6. The van der Waals surface area contributed by atoms with Crippen LogP contribution in [0.4, 0.5) is 23.7 Å². The van der Waals surface area contributed by atoms with E-state index in [-0.39, 0.29) is 28.1 Å². The molecule has 3 aromatic rings. The smallest absolute Gasteiger partial charge is 0.408 e. The number of thiophene rings is 1. The summed E-state index contributed by atoms with van der Waals surface area (Å²) in [6.45, 7) is 3.49. The lowest BCUT2D eigenvalue weighted by molar-refractivity contribution is -0.0583. The highest BCUT2D eigenvalue weighted by atomic mass is 32.2. The van der Waals surface area contributed by atoms with Gasteiger partial charge in [-0.25, -0.2) is 13.2 Å². The molecule has 0 saturated heterocycles. The number of carbonyl (C=O) groups is 1. The van der Waals surface area contributed by atoms with Gasteiger partial charge in [0.15, 0.2) is 15.6 Å². The summed E-state index contributed by atoms with van der Waals surface area (Å²) in [4.78, 5) is 12.5. The van der Waals surface area contributed by atoms with Crippen molar-refractivity contribution in [3.8, 4) is 16.9 Å². The van der Waals surface area contributed by atoms with Gasteiger partial charge in [0.05, 0.1) is 21.2 Å². The number of para-hydroxylation sites is 2. The Morgan fingerprint density at radius 3 is 2.43 bits per heavy atom. The maximum absolute atomic E-state index is 13.2. The average molecular weight is 552 g/mol. The zero-order valence-electron chi connectivity index (χ0n) is 20.0. The molecule has 7 nitrogen and oxygen atoms in total. The molecule has 0 aliphatic rings. The minimum Gasteiger partial charge on any atom is -0.408 e. The molecule has 0 bridgehead atoms. The molecule has 0 fully saturated rings. The summed E-state index contributed by atoms with van der Waals surface area (Å²) in [7, 11) is -3.46. The highest BCUT2D eigenvalue weighted by molar-refractivity contribution is 7.90. The van der Waals surface area contributed by atoms with Gasteiger partial charge in [-0.2, -0.15) is 13.2 Å². The van der Waals surface area contributed by atoms with E-state index in [4.69, 9.17) is 10.1 Å². The number of ether oxygens (including phenoxy) is 1. The second-order valence-corrected chi connectivity index (χ2v) is 11.2. The molecule has 0 aliphatic heterocycles. The van der Waals surface area contributed by atoms with E-state index in [1.165, 1.54) is 24.3 Å². The van der Waals surface area contributed by atoms with Crippen LogP contribution in [-0.4, -0.2) is 38.7 Å². The Kier molecular flexibility index (Phi) is 8.44. The minimum absolute atomic E-state index is 0.0573. The van der Waals surface area contributed by atoms with Crippen LogP contribution >= 0.6 is 11.3 Å². The molecule has 0 aliphatic carbocycles. The van der Waals surface area contributed by atoms with Gasteiger partial charge in [-0.3, -0.25) is 5.41 Å². The van der Waals surface area contributed by atoms with E-state index in [1.807, 2.05) is 0 Å². The summed E-state index contributed by atoms with van der Waals surface area (Å²) in [5, 5.41) is 14.6. The first-order chi connectivity index (χ1) is 17.2. The van der Waals surface area contributed by atoms with Crippen LogP contribution in [0.2, 0.25) is 0 Å². The van der Waals surface area contributed by atoms with E-state index in [2.05, 4.69) is 10.6 Å². The zero-order valence-corrected chi connectivity index (χ0v) is 21.6. The normalized spacial score (nSPS) is 12.4. The van der Waals surface area contributed by atoms with Crippen molar-refractivity contribution in [1.82, 2.24) is 5.32 Å². The third-order valence-electron chi connectivity index (χ3n) is 4.82. The Hall–Kier alpha value is -3.64. The van der Waals surface area contributed by atoms with Gasteiger partial charge in [0.1, 0.15) is 5.71 Å². The van der Waals surface area contributed by atoms with Crippen molar-refractivity contribution in [1.29, 1.82) is 5.41 Å². The van der Waals surface area contributed by atoms with Crippen LogP contribution in [0.5, 0.6) is 5.75 Å². The average Bonchev–Trinajstić information content (AvgIpc) is 3.28. The number of carbonyl (C=O) groups excluding carboxylic acids is 1. The number of rotatable bonds is 8. The van der Waals surface area contributed by atoms with Gasteiger partial charge < -0.3 is 15.4 Å². The van der Waals surface area contributed by atoms with Gasteiger partial charge in [-0.05, 0) is 66.8 Å². The quantitative estimate of drug-likeness (QED) is 0.283. The molecule has 0 atom stereocenters. The number of benzene rings is 2. The van der Waals surface area contributed by atoms with Crippen molar-refractivity contribution in [2.45, 2.75) is 31.0 Å². The lowest BCUT2D eigenvalue weighted by Crippen LogP contribution is -2.32. The summed E-state index contributed by atoms with van der Waals surface area (Å²) < 4.78 is 68.9. The maximum atomic E-state index is 13.2. The van der Waals surface area contributed by atoms with E-state index in [9.17, 15) is 26.4 Å². The van der Waals surface area contributed by atoms with Crippen molar-refractivity contribution < 1.29 is 31.1 Å². The van der Waals surface area contributed by atoms with Crippen LogP contribution in [0.25, 0.3) is 16.8 Å². The third kappa shape index (κ3) is 7.67. The van der Waals surface area contributed by atoms with Gasteiger partial charge in [0.25, 0.3) is 0 Å². The first-order valence-electron chi connectivity index (χ1n) is 10.9. The lowest BCUT2D eigenvalue weighted by atomic mass is 10.1. The monoisotopic (exact) mass is 551 g/mol. The van der Waals surface area contributed by atoms with Gasteiger partial charge in [0, 0.05) is 12.3 Å². The summed E-state index contributed by atoms with van der Waals surface area (Å²) in [6, 6.07) is 13.8. The number of anilines is 1. The Bertz CT molecular complexity index is 1450. The van der Waals surface area contributed by atoms with Crippen LogP contribution in [0, 0.1) is 5.41 Å². The second-order valence-electron chi connectivity index (χ2n) is 8.28. The van der Waals surface area contributed by atoms with Crippen molar-refractivity contribution in [2.75, 3.05) is 11.6 Å². The van der Waals surface area contributed by atoms with Gasteiger partial charge >= 0.3 is 12.3 Å². The molecule has 0 unspecified atom stereocenters. The van der Waals surface area contributed by atoms with Gasteiger partial charge in [0.2, 0.25) is 0 Å². The number of halogens is 3. The second kappa shape index (κ2) is 11.2. The lowest BCUT2D eigenvalue weighted by Gasteiger charge is -2.16. The predicted molar refractivity (Wildman–Crippen MR) is 139 cm³/mol. The molecule has 3 rings (SSSR count). The molecule has 2 aromatic carbocycles. The summed E-state index contributed by atoms with van der Waals surface area (Å²) >= 11 is 1.10. The van der Waals surface area contributed by atoms with E-state index in [0.29, 0.717) is 22.1 Å². The number of hydrogen-bond acceptors (Lipinski definition) is 7. The highest BCUT2D eigenvalue weighted by Crippen LogP contribution is 2.34. The number of alkyl halides is 3. The Balaban J connectivity index is 2.01. The summed E-state index contributed by atoms with van der Waals surface area (Å²) in [5.41, 5.74) is -0.294. The Morgan fingerprint density at radius 1 is 1.08 bits per heavy atom. The molecule has 1 amide bonds. The SMILES string of the molecule is CC(C)NC(=O)Oc1ccccc1N/C(=C\C(=N)C(F)(F)F)c1cc(-c2cccc(S(C)(=O)=O)c2)cs1. The Labute approximate surface area is 216 Å². The zero-order chi connectivity index (χ0) is 27.4. The molecule has 1 aromatic heterocycles. The van der Waals surface area contributed by atoms with Crippen molar-refractivity contribution >= 4 is 44.4 Å². The topological polar surface area (TPSA) is 108 Å². The van der Waals surface area contributed by atoms with Crippen LogP contribution in [0.15, 0.2) is 70.9 Å². The van der Waals surface area contributed by atoms with E-state index in [0.717, 1.165) is 17.6 Å². The summed E-state index contributed by atoms with van der Waals surface area (Å²) in [5.74, 6) is 0.0720. The fourth-order valence-corrected chi connectivity index (χ4v) is 4.66. The molecule has 37 heavy (non-hydrogen) atoms. The number of amides is 1. The maximum Gasteiger partial charge on any atom is 0.432 e. The number of nitrogens with one attached hydrogen (secondary N) is 3. The fraction of sp³-hybridized carbons (Fsp3) is 0.200. The highest BCUT2D eigenvalue weighted by Gasteiger charge is 2.33. The number of hydrogen-bond donors (Lipinski definition) is 3. The largest absolute Gasteiger partial charge is 0.432 e. The minimum atomic E-state index is -4.88. The van der Waals surface area contributed by atoms with E-state index in [1.54, 1.807) is 49.6 Å². The van der Waals surface area contributed by atoms with Crippen molar-refractivity contribution in [3.05, 3.63) is 70.9 Å². The van der Waals surface area contributed by atoms with Crippen LogP contribution in [0.3, 0.4) is 0 Å². The van der Waals surface area contributed by atoms with Crippen molar-refractivity contribution in [2.24, 2.45) is 0 Å². The van der Waals surface area contributed by atoms with Crippen molar-refractivity contribution in [3.63, 3.8) is 0 Å². The van der Waals surface area contributed by atoms with Crippen LogP contribution in [0.1, 0.15) is 18.7 Å². The third-order valence-corrected chi connectivity index (χ3v) is 6.89. The first kappa shape index (κ1) is 27.9. The molecule has 1 heterocycles. The van der Waals surface area contributed by atoms with Gasteiger partial charge in [-0.15, -0.1) is 11.3 Å². The molecule has 196 valence electrons. The van der Waals surface area contributed by atoms with Crippen LogP contribution in [-0.2, 0) is 9.84 Å². The predicted octanol–water partition coefficient (Wildman–Crippen LogP) is 6.35. The summed E-state index contributed by atoms with van der Waals surface area (Å²) in [6.07, 6.45) is -3.89. The standard InChI is InChI=1S/C25H24F3N3O4S2/c1-15(2)30-24(32)35-21-10-5-4-9-19(21)31-20(13-23(29)25(26,27)28)22-12-17(14-36-22)16-7-6-8-18(11-16)37(3,33)34/h4-15,29,31H,1-3H3,(H,30,32)/b20-13-,29-23?. The number of allylic oxidation sites excluding steroid dienone is 1.